The van der Waals surface area contributed by atoms with Crippen LogP contribution in [0.1, 0.15) is 52.8 Å². The van der Waals surface area contributed by atoms with E-state index in [1.807, 2.05) is 42.7 Å². The molecule has 0 spiro atoms. The summed E-state index contributed by atoms with van der Waals surface area (Å²) in [6, 6.07) is 16.9. The topological polar surface area (TPSA) is 15.7 Å². The Hall–Kier alpha value is -1.87. The average molecular weight is 628 g/mol. The molecule has 0 atom stereocenters. The van der Waals surface area contributed by atoms with E-state index in [4.69, 9.17) is 24.1 Å². The van der Waals surface area contributed by atoms with Gasteiger partial charge in [0.2, 0.25) is 0 Å². The predicted octanol–water partition coefficient (Wildman–Crippen LogP) is 8.53. The number of nitrogens with zero attached hydrogens (tertiary/aromatic N) is 2. The first-order chi connectivity index (χ1) is 17.5. The number of hydrogen-bond acceptors (Lipinski definition) is 3. The minimum Gasteiger partial charge on any atom is -0.502 e. The van der Waals surface area contributed by atoms with Gasteiger partial charge in [0.05, 0.1) is 0 Å². The van der Waals surface area contributed by atoms with Crippen LogP contribution < -0.4 is 14.5 Å². The van der Waals surface area contributed by atoms with Gasteiger partial charge in [-0.25, -0.2) is 0 Å². The van der Waals surface area contributed by atoms with Gasteiger partial charge in [-0.15, -0.1) is 0 Å². The van der Waals surface area contributed by atoms with Crippen LogP contribution in [-0.4, -0.2) is 23.8 Å². The predicted molar refractivity (Wildman–Crippen MR) is 159 cm³/mol. The molecule has 0 aromatic heterocycles. The van der Waals surface area contributed by atoms with E-state index in [0.717, 1.165) is 24.4 Å². The molecule has 37 heavy (non-hydrogen) atoms. The molecule has 6 heteroatoms. The summed E-state index contributed by atoms with van der Waals surface area (Å²) < 4.78 is 7.51. The first-order valence-corrected chi connectivity index (χ1v) is 18.1. The van der Waals surface area contributed by atoms with Gasteiger partial charge < -0.3 is 9.80 Å². The number of aryl methyl sites for hydroxylation is 6. The van der Waals surface area contributed by atoms with Gasteiger partial charge in [0.1, 0.15) is 0 Å². The normalized spacial score (nSPS) is 13.4. The first-order valence-electron chi connectivity index (χ1n) is 12.6. The molecule has 0 aliphatic carbocycles. The summed E-state index contributed by atoms with van der Waals surface area (Å²) in [4.78, 5) is 4.81. The van der Waals surface area contributed by atoms with Crippen LogP contribution in [0.15, 0.2) is 48.5 Å². The fourth-order valence-electron chi connectivity index (χ4n) is 5.10. The molecular formula is C31H39Cl2N2ORu-. The molecule has 0 unspecified atom stereocenters. The van der Waals surface area contributed by atoms with Crippen molar-refractivity contribution in [2.45, 2.75) is 61.5 Å². The average Bonchev–Trinajstić information content (AvgIpc) is 3.22. The molecule has 0 N–H and O–H groups in total. The van der Waals surface area contributed by atoms with Crippen LogP contribution in [-0.2, 0) is 13.5 Å². The molecule has 0 amide bonds. The number of halogens is 2. The van der Waals surface area contributed by atoms with Crippen LogP contribution in [0, 0.1) is 48.2 Å². The van der Waals surface area contributed by atoms with Crippen molar-refractivity contribution < 1.29 is 18.3 Å². The van der Waals surface area contributed by atoms with Crippen molar-refractivity contribution in [3.63, 3.8) is 0 Å². The van der Waals surface area contributed by atoms with E-state index in [2.05, 4.69) is 82.3 Å². The SMILES string of the molecule is CC(C)Oc1ccccc1[CH]=[Ru]([Cl])[Cl].Cc1cc(C)c(N2[CH-]N(c3c(C)cc(C)cc3C)CC2)c(C)c1. The Labute approximate surface area is 236 Å². The molecule has 4 rings (SSSR count). The van der Waals surface area contributed by atoms with Crippen LogP contribution in [0.25, 0.3) is 0 Å². The van der Waals surface area contributed by atoms with Crippen molar-refractivity contribution in [2.75, 3.05) is 22.9 Å². The van der Waals surface area contributed by atoms with Gasteiger partial charge >= 0.3 is 97.8 Å². The summed E-state index contributed by atoms with van der Waals surface area (Å²) in [5.74, 6) is 0.850. The fraction of sp³-hybridized carbons (Fsp3) is 0.355. The summed E-state index contributed by atoms with van der Waals surface area (Å²) in [6.45, 7) is 21.6. The third kappa shape index (κ3) is 8.06. The Morgan fingerprint density at radius 2 is 1.22 bits per heavy atom. The van der Waals surface area contributed by atoms with E-state index >= 15 is 0 Å². The Kier molecular flexibility index (Phi) is 10.6. The Bertz CT molecular complexity index is 1160. The minimum absolute atomic E-state index is 0.163. The van der Waals surface area contributed by atoms with Crippen LogP contribution in [0.3, 0.4) is 0 Å². The molecule has 1 heterocycles. The quantitative estimate of drug-likeness (QED) is 0.208. The molecule has 0 radical (unpaired) electrons. The van der Waals surface area contributed by atoms with Gasteiger partial charge in [-0.2, -0.15) is 6.67 Å². The van der Waals surface area contributed by atoms with Crippen LogP contribution in [0.4, 0.5) is 11.4 Å². The Morgan fingerprint density at radius 3 is 1.62 bits per heavy atom. The minimum atomic E-state index is -1.77. The second-order valence-corrected chi connectivity index (χ2v) is 15.7. The van der Waals surface area contributed by atoms with Crippen LogP contribution in [0.2, 0.25) is 0 Å². The van der Waals surface area contributed by atoms with Gasteiger partial charge in [0, 0.05) is 24.5 Å². The third-order valence-corrected chi connectivity index (χ3v) is 8.01. The molecule has 1 aliphatic rings. The van der Waals surface area contributed by atoms with E-state index in [1.165, 1.54) is 44.8 Å². The maximum absolute atomic E-state index is 5.82. The fourth-order valence-corrected chi connectivity index (χ4v) is 6.90. The Balaban J connectivity index is 0.000000233. The molecule has 3 aromatic rings. The molecule has 0 bridgehead atoms. The van der Waals surface area contributed by atoms with Crippen molar-refractivity contribution in [1.82, 2.24) is 0 Å². The van der Waals surface area contributed by atoms with Crippen molar-refractivity contribution >= 4 is 35.4 Å². The summed E-state index contributed by atoms with van der Waals surface area (Å²) in [5.41, 5.74) is 11.8. The van der Waals surface area contributed by atoms with Crippen LogP contribution >= 0.6 is 19.4 Å². The smallest absolute Gasteiger partial charge is 0.0146 e. The number of ether oxygens (including phenoxy) is 1. The van der Waals surface area contributed by atoms with Crippen molar-refractivity contribution in [1.29, 1.82) is 0 Å². The summed E-state index contributed by atoms with van der Waals surface area (Å²) in [5, 5.41) is 0. The van der Waals surface area contributed by atoms with E-state index in [-0.39, 0.29) is 6.10 Å². The van der Waals surface area contributed by atoms with E-state index in [9.17, 15) is 0 Å². The number of para-hydroxylation sites is 1. The van der Waals surface area contributed by atoms with Gasteiger partial charge in [-0.3, -0.25) is 0 Å². The van der Waals surface area contributed by atoms with Crippen molar-refractivity contribution in [2.24, 2.45) is 0 Å². The number of benzene rings is 3. The molecule has 0 saturated carbocycles. The maximum Gasteiger partial charge on any atom is 0.0146 e. The molecule has 202 valence electrons. The number of hydrogen-bond donors (Lipinski definition) is 0. The maximum atomic E-state index is 5.82. The first kappa shape index (κ1) is 29.7. The number of rotatable bonds is 5. The molecule has 3 nitrogen and oxygen atoms in total. The van der Waals surface area contributed by atoms with Gasteiger partial charge in [-0.1, -0.05) is 35.4 Å². The summed E-state index contributed by atoms with van der Waals surface area (Å²) >= 11 is -1.77. The van der Waals surface area contributed by atoms with Gasteiger partial charge in [-0.05, 0) is 63.8 Å². The van der Waals surface area contributed by atoms with Crippen molar-refractivity contribution in [3.05, 3.63) is 94.1 Å². The monoisotopic (exact) mass is 627 g/mol. The Morgan fingerprint density at radius 1 is 0.784 bits per heavy atom. The van der Waals surface area contributed by atoms with E-state index < -0.39 is 13.5 Å². The molecule has 1 aliphatic heterocycles. The zero-order chi connectivity index (χ0) is 27.3. The second kappa shape index (κ2) is 13.3. The van der Waals surface area contributed by atoms with Gasteiger partial charge in [0.15, 0.2) is 0 Å². The standard InChI is InChI=1S/C21H27N2.C10H12O.2ClH.Ru/c1-14-9-16(3)20(17(4)10-14)22-7-8-23(13-22)21-18(5)11-15(2)12-19(21)6;1-8(2)11-10-7-5-4-6-9(10)3;;;/h9-13H,7-8H2,1-6H3;3-8H,1-2H3;2*1H;/q-1;;;;+2/p-2. The molecule has 3 aromatic carbocycles. The molecular weight excluding hydrogens is 588 g/mol. The summed E-state index contributed by atoms with van der Waals surface area (Å²) in [7, 11) is 11.6. The van der Waals surface area contributed by atoms with E-state index in [1.54, 1.807) is 0 Å². The largest absolute Gasteiger partial charge is 0.502 e. The van der Waals surface area contributed by atoms with E-state index in [0.29, 0.717) is 0 Å². The van der Waals surface area contributed by atoms with Crippen molar-refractivity contribution in [3.8, 4) is 5.75 Å². The zero-order valence-corrected chi connectivity index (χ0v) is 26.4. The van der Waals surface area contributed by atoms with Crippen LogP contribution in [0.5, 0.6) is 5.75 Å². The zero-order valence-electron chi connectivity index (χ0n) is 23.2. The summed E-state index contributed by atoms with van der Waals surface area (Å²) in [6.07, 6.45) is 0.163. The number of anilines is 2. The molecule has 1 fully saturated rings. The second-order valence-electron chi connectivity index (χ2n) is 10.0. The molecule has 1 saturated heterocycles. The third-order valence-electron chi connectivity index (χ3n) is 6.17. The van der Waals surface area contributed by atoms with Gasteiger partial charge in [0.25, 0.3) is 0 Å².